The molecule has 1 amide bonds. The van der Waals surface area contributed by atoms with Crippen LogP contribution >= 0.6 is 11.3 Å². The van der Waals surface area contributed by atoms with Crippen LogP contribution in [0.2, 0.25) is 0 Å². The topological polar surface area (TPSA) is 40.5 Å². The molecule has 1 N–H and O–H groups in total. The Morgan fingerprint density at radius 1 is 1.60 bits per heavy atom. The van der Waals surface area contributed by atoms with E-state index in [1.165, 1.54) is 0 Å². The molecular formula is C11H15NO2S. The maximum Gasteiger partial charge on any atom is 0.228 e. The van der Waals surface area contributed by atoms with Gasteiger partial charge in [-0.25, -0.2) is 0 Å². The van der Waals surface area contributed by atoms with E-state index in [4.69, 9.17) is 5.11 Å². The standard InChI is InChI=1S/C11H15NO2S/c13-6-5-12(9-3-4-9)11(14)8-10-2-1-7-15-10/h1-2,7,9,13H,3-6,8H2. The van der Waals surface area contributed by atoms with Crippen molar-refractivity contribution in [3.63, 3.8) is 0 Å². The van der Waals surface area contributed by atoms with Gasteiger partial charge in [-0.3, -0.25) is 4.79 Å². The quantitative estimate of drug-likeness (QED) is 0.820. The van der Waals surface area contributed by atoms with Crippen LogP contribution in [-0.2, 0) is 11.2 Å². The molecule has 0 aliphatic heterocycles. The molecule has 82 valence electrons. The summed E-state index contributed by atoms with van der Waals surface area (Å²) in [7, 11) is 0. The van der Waals surface area contributed by atoms with Gasteiger partial charge in [-0.1, -0.05) is 6.07 Å². The average Bonchev–Trinajstić information content (AvgIpc) is 2.93. The van der Waals surface area contributed by atoms with Crippen LogP contribution in [0.25, 0.3) is 0 Å². The molecule has 1 fully saturated rings. The predicted molar refractivity (Wildman–Crippen MR) is 59.8 cm³/mol. The molecule has 0 atom stereocenters. The van der Waals surface area contributed by atoms with Crippen LogP contribution in [0.5, 0.6) is 0 Å². The van der Waals surface area contributed by atoms with Gasteiger partial charge in [-0.05, 0) is 24.3 Å². The molecule has 0 unspecified atom stereocenters. The van der Waals surface area contributed by atoms with Crippen molar-refractivity contribution in [2.75, 3.05) is 13.2 Å². The molecule has 0 saturated heterocycles. The highest BCUT2D eigenvalue weighted by Gasteiger charge is 2.31. The van der Waals surface area contributed by atoms with Gasteiger partial charge >= 0.3 is 0 Å². The Morgan fingerprint density at radius 3 is 2.93 bits per heavy atom. The zero-order valence-corrected chi connectivity index (χ0v) is 9.37. The highest BCUT2D eigenvalue weighted by Crippen LogP contribution is 2.27. The number of nitrogens with zero attached hydrogens (tertiary/aromatic N) is 1. The van der Waals surface area contributed by atoms with Gasteiger partial charge in [0.15, 0.2) is 0 Å². The van der Waals surface area contributed by atoms with Crippen molar-refractivity contribution in [2.45, 2.75) is 25.3 Å². The van der Waals surface area contributed by atoms with Gasteiger partial charge in [0.05, 0.1) is 13.0 Å². The Bertz CT molecular complexity index is 319. The van der Waals surface area contributed by atoms with Gasteiger partial charge in [0.25, 0.3) is 0 Å². The summed E-state index contributed by atoms with van der Waals surface area (Å²) in [5.74, 6) is 0.147. The van der Waals surface area contributed by atoms with E-state index < -0.39 is 0 Å². The van der Waals surface area contributed by atoms with E-state index >= 15 is 0 Å². The molecule has 1 saturated carbocycles. The van der Waals surface area contributed by atoms with Crippen LogP contribution in [0.4, 0.5) is 0 Å². The van der Waals surface area contributed by atoms with E-state index in [0.717, 1.165) is 17.7 Å². The molecule has 1 aromatic rings. The van der Waals surface area contributed by atoms with Crippen molar-refractivity contribution in [3.8, 4) is 0 Å². The number of aliphatic hydroxyl groups is 1. The molecule has 3 nitrogen and oxygen atoms in total. The number of hydrogen-bond acceptors (Lipinski definition) is 3. The second-order valence-corrected chi connectivity index (χ2v) is 4.83. The van der Waals surface area contributed by atoms with E-state index in [1.54, 1.807) is 11.3 Å². The second-order valence-electron chi connectivity index (χ2n) is 3.80. The smallest absolute Gasteiger partial charge is 0.228 e. The van der Waals surface area contributed by atoms with Crippen LogP contribution in [0.3, 0.4) is 0 Å². The highest BCUT2D eigenvalue weighted by atomic mass is 32.1. The molecule has 15 heavy (non-hydrogen) atoms. The fourth-order valence-corrected chi connectivity index (χ4v) is 2.36. The third kappa shape index (κ3) is 2.79. The minimum atomic E-state index is 0.0622. The molecule has 0 aromatic carbocycles. The van der Waals surface area contributed by atoms with Gasteiger partial charge in [0, 0.05) is 17.5 Å². The lowest BCUT2D eigenvalue weighted by atomic mass is 10.3. The Labute approximate surface area is 93.3 Å². The van der Waals surface area contributed by atoms with E-state index in [-0.39, 0.29) is 12.5 Å². The summed E-state index contributed by atoms with van der Waals surface area (Å²) in [5.41, 5.74) is 0. The minimum absolute atomic E-state index is 0.0622. The van der Waals surface area contributed by atoms with Gasteiger partial charge in [-0.2, -0.15) is 0 Å². The van der Waals surface area contributed by atoms with Gasteiger partial charge in [0.1, 0.15) is 0 Å². The highest BCUT2D eigenvalue weighted by molar-refractivity contribution is 7.10. The predicted octanol–water partition coefficient (Wildman–Crippen LogP) is 1.27. The maximum atomic E-state index is 11.9. The maximum absolute atomic E-state index is 11.9. The van der Waals surface area contributed by atoms with Crippen LogP contribution in [0.1, 0.15) is 17.7 Å². The molecule has 2 rings (SSSR count). The summed E-state index contributed by atoms with van der Waals surface area (Å²) in [5, 5.41) is 10.9. The Hall–Kier alpha value is -0.870. The van der Waals surface area contributed by atoms with E-state index in [2.05, 4.69) is 0 Å². The largest absolute Gasteiger partial charge is 0.395 e. The number of aliphatic hydroxyl groups excluding tert-OH is 1. The minimum Gasteiger partial charge on any atom is -0.395 e. The number of carbonyl (C=O) groups is 1. The average molecular weight is 225 g/mol. The summed E-state index contributed by atoms with van der Waals surface area (Å²) in [6.45, 7) is 0.543. The van der Waals surface area contributed by atoms with Crippen LogP contribution in [0, 0.1) is 0 Å². The second kappa shape index (κ2) is 4.77. The molecule has 0 bridgehead atoms. The lowest BCUT2D eigenvalue weighted by Gasteiger charge is -2.20. The van der Waals surface area contributed by atoms with Crippen molar-refractivity contribution in [1.82, 2.24) is 4.90 Å². The van der Waals surface area contributed by atoms with Crippen molar-refractivity contribution < 1.29 is 9.90 Å². The van der Waals surface area contributed by atoms with E-state index in [0.29, 0.717) is 19.0 Å². The van der Waals surface area contributed by atoms with Crippen molar-refractivity contribution in [2.24, 2.45) is 0 Å². The summed E-state index contributed by atoms with van der Waals surface area (Å²) >= 11 is 1.61. The molecule has 0 radical (unpaired) electrons. The number of amides is 1. The third-order valence-electron chi connectivity index (χ3n) is 2.55. The summed E-state index contributed by atoms with van der Waals surface area (Å²) in [4.78, 5) is 14.8. The molecule has 1 heterocycles. The Kier molecular flexibility index (Phi) is 3.38. The normalized spacial score (nSPS) is 15.3. The van der Waals surface area contributed by atoms with Gasteiger partial charge < -0.3 is 10.0 Å². The van der Waals surface area contributed by atoms with Crippen LogP contribution < -0.4 is 0 Å². The lowest BCUT2D eigenvalue weighted by Crippen LogP contribution is -2.36. The molecular weight excluding hydrogens is 210 g/mol. The van der Waals surface area contributed by atoms with E-state index in [1.807, 2.05) is 22.4 Å². The van der Waals surface area contributed by atoms with Gasteiger partial charge in [0.2, 0.25) is 5.91 Å². The summed E-state index contributed by atoms with van der Waals surface area (Å²) in [6.07, 6.45) is 2.67. The van der Waals surface area contributed by atoms with Crippen molar-refractivity contribution in [1.29, 1.82) is 0 Å². The molecule has 0 spiro atoms. The Balaban J connectivity index is 1.92. The molecule has 1 aliphatic carbocycles. The summed E-state index contributed by atoms with van der Waals surface area (Å²) in [6, 6.07) is 4.33. The van der Waals surface area contributed by atoms with E-state index in [9.17, 15) is 4.79 Å². The summed E-state index contributed by atoms with van der Waals surface area (Å²) < 4.78 is 0. The molecule has 1 aromatic heterocycles. The van der Waals surface area contributed by atoms with Gasteiger partial charge in [-0.15, -0.1) is 11.3 Å². The SMILES string of the molecule is O=C(Cc1cccs1)N(CCO)C1CC1. The zero-order valence-electron chi connectivity index (χ0n) is 8.56. The number of thiophene rings is 1. The first-order valence-corrected chi connectivity index (χ1v) is 6.12. The van der Waals surface area contributed by atoms with Crippen molar-refractivity contribution >= 4 is 17.2 Å². The molecule has 4 heteroatoms. The number of carbonyl (C=O) groups excluding carboxylic acids is 1. The number of hydrogen-bond donors (Lipinski definition) is 1. The van der Waals surface area contributed by atoms with Crippen LogP contribution in [-0.4, -0.2) is 35.1 Å². The fraction of sp³-hybridized carbons (Fsp3) is 0.545. The van der Waals surface area contributed by atoms with Crippen molar-refractivity contribution in [3.05, 3.63) is 22.4 Å². The molecule has 1 aliphatic rings. The zero-order chi connectivity index (χ0) is 10.7. The number of rotatable bonds is 5. The first kappa shape index (κ1) is 10.6. The fourth-order valence-electron chi connectivity index (χ4n) is 1.67. The first-order chi connectivity index (χ1) is 7.31. The third-order valence-corrected chi connectivity index (χ3v) is 3.43. The lowest BCUT2D eigenvalue weighted by molar-refractivity contribution is -0.131. The monoisotopic (exact) mass is 225 g/mol. The van der Waals surface area contributed by atoms with Crippen LogP contribution in [0.15, 0.2) is 17.5 Å². The Morgan fingerprint density at radius 2 is 2.40 bits per heavy atom. The first-order valence-electron chi connectivity index (χ1n) is 5.24.